The number of nitrogens with one attached hydrogen (secondary N) is 1. The van der Waals surface area contributed by atoms with Gasteiger partial charge in [0.05, 0.1) is 28.8 Å². The molecule has 0 unspecified atom stereocenters. The number of hydrogen-bond donors (Lipinski definition) is 2. The van der Waals surface area contributed by atoms with Crippen LogP contribution >= 0.6 is 23.2 Å². The SMILES string of the molecule is O=C(c1cnc2ccc(-c3cc(Cl)c(O)c(Cl)c3)cc2c1-c1ccc(NCCN2CCOCC2)nc1)C1CC1. The van der Waals surface area contributed by atoms with Crippen molar-refractivity contribution in [2.24, 2.45) is 5.92 Å². The number of pyridine rings is 2. The van der Waals surface area contributed by atoms with Crippen molar-refractivity contribution in [3.8, 4) is 28.0 Å². The average Bonchev–Trinajstić information content (AvgIpc) is 3.81. The van der Waals surface area contributed by atoms with Gasteiger partial charge in [0.2, 0.25) is 0 Å². The lowest BCUT2D eigenvalue weighted by molar-refractivity contribution is 0.0398. The monoisotopic (exact) mass is 562 g/mol. The van der Waals surface area contributed by atoms with Gasteiger partial charge in [-0.15, -0.1) is 0 Å². The Hall–Kier alpha value is -3.23. The van der Waals surface area contributed by atoms with Gasteiger partial charge in [-0.25, -0.2) is 4.98 Å². The summed E-state index contributed by atoms with van der Waals surface area (Å²) in [5.41, 5.74) is 4.65. The third-order valence-electron chi connectivity index (χ3n) is 7.32. The van der Waals surface area contributed by atoms with Crippen molar-refractivity contribution in [3.63, 3.8) is 0 Å². The number of nitrogens with zero attached hydrogens (tertiary/aromatic N) is 3. The van der Waals surface area contributed by atoms with Crippen molar-refractivity contribution >= 4 is 45.7 Å². The fourth-order valence-electron chi connectivity index (χ4n) is 4.98. The number of carbonyl (C=O) groups excluding carboxylic acids is 1. The van der Waals surface area contributed by atoms with Gasteiger partial charge in [-0.1, -0.05) is 29.3 Å². The first-order chi connectivity index (χ1) is 19.0. The number of ether oxygens (including phenoxy) is 1. The number of Topliss-reactive ketones (excluding diaryl/α,β-unsaturated/α-hetero) is 1. The zero-order valence-corrected chi connectivity index (χ0v) is 22.8. The summed E-state index contributed by atoms with van der Waals surface area (Å²) in [6.07, 6.45) is 5.33. The second kappa shape index (κ2) is 11.1. The van der Waals surface area contributed by atoms with E-state index in [0.717, 1.165) is 91.2 Å². The molecule has 1 saturated carbocycles. The molecular weight excluding hydrogens is 535 g/mol. The average molecular weight is 563 g/mol. The molecule has 0 amide bonds. The minimum Gasteiger partial charge on any atom is -0.505 e. The molecule has 2 aliphatic rings. The van der Waals surface area contributed by atoms with Crippen LogP contribution in [0.5, 0.6) is 5.75 Å². The van der Waals surface area contributed by atoms with E-state index >= 15 is 0 Å². The number of aromatic nitrogens is 2. The van der Waals surface area contributed by atoms with Crippen molar-refractivity contribution in [2.75, 3.05) is 44.7 Å². The number of halogens is 2. The van der Waals surface area contributed by atoms with Gasteiger partial charge >= 0.3 is 0 Å². The van der Waals surface area contributed by atoms with Crippen LogP contribution in [0.15, 0.2) is 54.9 Å². The topological polar surface area (TPSA) is 87.6 Å². The van der Waals surface area contributed by atoms with Gasteiger partial charge in [-0.05, 0) is 60.4 Å². The third-order valence-corrected chi connectivity index (χ3v) is 7.90. The molecule has 3 heterocycles. The minimum absolute atomic E-state index is 0.0509. The molecule has 4 aromatic rings. The fourth-order valence-corrected chi connectivity index (χ4v) is 5.47. The number of carbonyl (C=O) groups is 1. The molecule has 0 radical (unpaired) electrons. The molecule has 2 aromatic carbocycles. The van der Waals surface area contributed by atoms with Crippen molar-refractivity contribution in [2.45, 2.75) is 12.8 Å². The van der Waals surface area contributed by atoms with E-state index in [9.17, 15) is 9.90 Å². The second-order valence-electron chi connectivity index (χ2n) is 10.0. The third kappa shape index (κ3) is 5.58. The van der Waals surface area contributed by atoms with E-state index in [-0.39, 0.29) is 27.5 Å². The van der Waals surface area contributed by atoms with Crippen LogP contribution < -0.4 is 5.32 Å². The van der Waals surface area contributed by atoms with Crippen LogP contribution in [-0.2, 0) is 4.74 Å². The highest BCUT2D eigenvalue weighted by molar-refractivity contribution is 6.37. The maximum atomic E-state index is 13.3. The highest BCUT2D eigenvalue weighted by Gasteiger charge is 2.32. The molecule has 6 rings (SSSR count). The zero-order chi connectivity index (χ0) is 26.9. The van der Waals surface area contributed by atoms with Crippen molar-refractivity contribution in [3.05, 3.63) is 70.5 Å². The molecule has 7 nitrogen and oxygen atoms in total. The predicted octanol–water partition coefficient (Wildman–Crippen LogP) is 6.31. The van der Waals surface area contributed by atoms with Crippen molar-refractivity contribution in [1.29, 1.82) is 0 Å². The first-order valence-corrected chi connectivity index (χ1v) is 13.9. The van der Waals surface area contributed by atoms with Gasteiger partial charge in [-0.2, -0.15) is 0 Å². The number of phenolic OH excluding ortho intramolecular Hbond substituents is 1. The largest absolute Gasteiger partial charge is 0.505 e. The molecule has 1 aliphatic heterocycles. The van der Waals surface area contributed by atoms with E-state index in [1.807, 2.05) is 36.5 Å². The Balaban J connectivity index is 1.35. The summed E-state index contributed by atoms with van der Waals surface area (Å²) >= 11 is 12.4. The van der Waals surface area contributed by atoms with E-state index in [1.165, 1.54) is 0 Å². The first-order valence-electron chi connectivity index (χ1n) is 13.1. The van der Waals surface area contributed by atoms with Gasteiger partial charge in [0.15, 0.2) is 11.5 Å². The van der Waals surface area contributed by atoms with Gasteiger partial charge < -0.3 is 15.2 Å². The van der Waals surface area contributed by atoms with Crippen LogP contribution in [-0.4, -0.2) is 65.2 Å². The summed E-state index contributed by atoms with van der Waals surface area (Å²) in [4.78, 5) is 25.0. The molecule has 0 spiro atoms. The van der Waals surface area contributed by atoms with E-state index < -0.39 is 0 Å². The Kier molecular flexibility index (Phi) is 7.40. The lowest BCUT2D eigenvalue weighted by Crippen LogP contribution is -2.39. The van der Waals surface area contributed by atoms with Crippen molar-refractivity contribution < 1.29 is 14.6 Å². The Morgan fingerprint density at radius 1 is 0.974 bits per heavy atom. The molecule has 0 atom stereocenters. The van der Waals surface area contributed by atoms with Crippen LogP contribution in [0.1, 0.15) is 23.2 Å². The Bertz CT molecular complexity index is 1510. The molecule has 9 heteroatoms. The summed E-state index contributed by atoms with van der Waals surface area (Å²) in [5.74, 6) is 0.810. The zero-order valence-electron chi connectivity index (χ0n) is 21.3. The first kappa shape index (κ1) is 26.0. The van der Waals surface area contributed by atoms with Crippen molar-refractivity contribution in [1.82, 2.24) is 14.9 Å². The number of ketones is 1. The summed E-state index contributed by atoms with van der Waals surface area (Å²) < 4.78 is 5.42. The van der Waals surface area contributed by atoms with Crippen LogP contribution in [0.4, 0.5) is 5.82 Å². The number of fused-ring (bicyclic) bond motifs is 1. The molecule has 1 aliphatic carbocycles. The van der Waals surface area contributed by atoms with E-state index in [0.29, 0.717) is 5.56 Å². The lowest BCUT2D eigenvalue weighted by Gasteiger charge is -2.26. The van der Waals surface area contributed by atoms with E-state index in [1.54, 1.807) is 18.3 Å². The van der Waals surface area contributed by atoms with Gasteiger partial charge in [0.25, 0.3) is 0 Å². The number of benzene rings is 2. The summed E-state index contributed by atoms with van der Waals surface area (Å²) in [6, 6.07) is 13.2. The molecule has 2 fully saturated rings. The molecule has 2 aromatic heterocycles. The molecule has 2 N–H and O–H groups in total. The highest BCUT2D eigenvalue weighted by Crippen LogP contribution is 2.41. The summed E-state index contributed by atoms with van der Waals surface area (Å²) in [6.45, 7) is 5.18. The quantitative estimate of drug-likeness (QED) is 0.243. The number of rotatable bonds is 8. The van der Waals surface area contributed by atoms with Gasteiger partial charge in [0.1, 0.15) is 5.82 Å². The van der Waals surface area contributed by atoms with E-state index in [2.05, 4.69) is 20.2 Å². The van der Waals surface area contributed by atoms with Gasteiger partial charge in [0, 0.05) is 66.6 Å². The van der Waals surface area contributed by atoms with Crippen LogP contribution in [0.25, 0.3) is 33.2 Å². The number of morpholine rings is 1. The molecular formula is C30H28Cl2N4O3. The number of hydrogen-bond acceptors (Lipinski definition) is 7. The smallest absolute Gasteiger partial charge is 0.168 e. The predicted molar refractivity (Wildman–Crippen MR) is 155 cm³/mol. The Morgan fingerprint density at radius 3 is 2.41 bits per heavy atom. The standard InChI is InChI=1S/C30H28Cl2N4O3/c31-24-14-21(15-25(32)30(24)38)19-3-5-26-22(13-19)28(23(17-34-26)29(37)18-1-2-18)20-4-6-27(35-16-20)33-7-8-36-9-11-39-12-10-36/h3-6,13-18,38H,1-2,7-12H2,(H,33,35). The lowest BCUT2D eigenvalue weighted by atomic mass is 9.92. The number of anilines is 1. The fraction of sp³-hybridized carbons (Fsp3) is 0.300. The summed E-state index contributed by atoms with van der Waals surface area (Å²) in [5, 5.41) is 14.6. The minimum atomic E-state index is -0.146. The normalized spacial score (nSPS) is 15.9. The molecule has 39 heavy (non-hydrogen) atoms. The summed E-state index contributed by atoms with van der Waals surface area (Å²) in [7, 11) is 0. The van der Waals surface area contributed by atoms with Crippen LogP contribution in [0, 0.1) is 5.92 Å². The molecule has 200 valence electrons. The molecule has 0 bridgehead atoms. The highest BCUT2D eigenvalue weighted by atomic mass is 35.5. The Labute approximate surface area is 236 Å². The number of phenols is 1. The number of aromatic hydroxyl groups is 1. The molecule has 1 saturated heterocycles. The Morgan fingerprint density at radius 2 is 1.72 bits per heavy atom. The van der Waals surface area contributed by atoms with Gasteiger partial charge in [-0.3, -0.25) is 14.7 Å². The van der Waals surface area contributed by atoms with Crippen LogP contribution in [0.3, 0.4) is 0 Å². The maximum absolute atomic E-state index is 13.3. The van der Waals surface area contributed by atoms with E-state index in [4.69, 9.17) is 27.9 Å². The second-order valence-corrected chi connectivity index (χ2v) is 10.8. The maximum Gasteiger partial charge on any atom is 0.168 e. The van der Waals surface area contributed by atoms with Crippen LogP contribution in [0.2, 0.25) is 10.0 Å².